The maximum Gasteiger partial charge on any atom is 0.354 e. The fraction of sp³-hybridized carbons (Fsp3) is 0. The number of phenolic OH excluding ortho intramolecular Hbond substituents is 1. The monoisotopic (exact) mass is 281 g/mol. The molecule has 6 nitrogen and oxygen atoms in total. The van der Waals surface area contributed by atoms with Gasteiger partial charge >= 0.3 is 5.97 Å². The van der Waals surface area contributed by atoms with Crippen molar-refractivity contribution < 1.29 is 15.0 Å². The highest BCUT2D eigenvalue weighted by Gasteiger charge is 2.16. The van der Waals surface area contributed by atoms with Gasteiger partial charge in [-0.15, -0.1) is 0 Å². The SMILES string of the molecule is O=C(O)c1cc(-c2cccnc2)nn1-c1ccc(O)cc1. The molecule has 0 aliphatic rings. The van der Waals surface area contributed by atoms with Gasteiger partial charge in [0.05, 0.1) is 11.4 Å². The van der Waals surface area contributed by atoms with Crippen molar-refractivity contribution in [3.63, 3.8) is 0 Å². The Morgan fingerprint density at radius 3 is 2.52 bits per heavy atom. The zero-order valence-corrected chi connectivity index (χ0v) is 10.8. The molecule has 0 bridgehead atoms. The van der Waals surface area contributed by atoms with Crippen molar-refractivity contribution in [3.05, 3.63) is 60.6 Å². The van der Waals surface area contributed by atoms with E-state index in [-0.39, 0.29) is 11.4 Å². The second-order valence-corrected chi connectivity index (χ2v) is 4.39. The minimum atomic E-state index is -1.08. The van der Waals surface area contributed by atoms with Crippen LogP contribution in [-0.2, 0) is 0 Å². The van der Waals surface area contributed by atoms with Gasteiger partial charge in [0, 0.05) is 18.0 Å². The lowest BCUT2D eigenvalue weighted by atomic mass is 10.2. The second-order valence-electron chi connectivity index (χ2n) is 4.39. The summed E-state index contributed by atoms with van der Waals surface area (Å²) in [6.07, 6.45) is 3.26. The van der Waals surface area contributed by atoms with Gasteiger partial charge < -0.3 is 10.2 Å². The number of hydrogen-bond acceptors (Lipinski definition) is 4. The van der Waals surface area contributed by atoms with Gasteiger partial charge in [0.15, 0.2) is 5.69 Å². The molecule has 3 rings (SSSR count). The Balaban J connectivity index is 2.14. The first-order valence-electron chi connectivity index (χ1n) is 6.18. The molecule has 0 aliphatic carbocycles. The highest BCUT2D eigenvalue weighted by molar-refractivity contribution is 5.88. The molecule has 0 saturated heterocycles. The van der Waals surface area contributed by atoms with Gasteiger partial charge in [-0.05, 0) is 42.5 Å². The topological polar surface area (TPSA) is 88.2 Å². The predicted octanol–water partition coefficient (Wildman–Crippen LogP) is 2.34. The summed E-state index contributed by atoms with van der Waals surface area (Å²) in [6.45, 7) is 0. The lowest BCUT2D eigenvalue weighted by Gasteiger charge is -2.04. The number of carboxylic acid groups (broad SMARTS) is 1. The molecule has 2 aromatic heterocycles. The number of carbonyl (C=O) groups is 1. The molecule has 104 valence electrons. The van der Waals surface area contributed by atoms with Crippen LogP contribution in [0.4, 0.5) is 0 Å². The van der Waals surface area contributed by atoms with Crippen molar-refractivity contribution in [2.75, 3.05) is 0 Å². The molecule has 0 radical (unpaired) electrons. The van der Waals surface area contributed by atoms with Crippen LogP contribution in [0.5, 0.6) is 5.75 Å². The maximum absolute atomic E-state index is 11.4. The third kappa shape index (κ3) is 2.46. The standard InChI is InChI=1S/C15H11N3O3/c19-12-5-3-11(4-6-12)18-14(15(20)21)8-13(17-18)10-2-1-7-16-9-10/h1-9,19H,(H,20,21). The van der Waals surface area contributed by atoms with Gasteiger partial charge in [0.2, 0.25) is 0 Å². The third-order valence-electron chi connectivity index (χ3n) is 2.98. The molecule has 1 aromatic carbocycles. The molecule has 2 N–H and O–H groups in total. The van der Waals surface area contributed by atoms with Gasteiger partial charge in [-0.3, -0.25) is 4.98 Å². The minimum Gasteiger partial charge on any atom is -0.508 e. The molecular formula is C15H11N3O3. The minimum absolute atomic E-state index is 0.0412. The van der Waals surface area contributed by atoms with E-state index in [9.17, 15) is 15.0 Å². The van der Waals surface area contributed by atoms with E-state index >= 15 is 0 Å². The highest BCUT2D eigenvalue weighted by Crippen LogP contribution is 2.22. The van der Waals surface area contributed by atoms with Crippen LogP contribution in [0, 0.1) is 0 Å². The van der Waals surface area contributed by atoms with Crippen LogP contribution in [0.15, 0.2) is 54.9 Å². The summed E-state index contributed by atoms with van der Waals surface area (Å²) < 4.78 is 1.32. The molecule has 3 aromatic rings. The molecular weight excluding hydrogens is 270 g/mol. The van der Waals surface area contributed by atoms with Crippen LogP contribution < -0.4 is 0 Å². The Morgan fingerprint density at radius 1 is 1.14 bits per heavy atom. The van der Waals surface area contributed by atoms with E-state index in [2.05, 4.69) is 10.1 Å². The van der Waals surface area contributed by atoms with Crippen LogP contribution in [0.2, 0.25) is 0 Å². The van der Waals surface area contributed by atoms with Crippen molar-refractivity contribution in [2.24, 2.45) is 0 Å². The summed E-state index contributed by atoms with van der Waals surface area (Å²) in [5, 5.41) is 22.9. The Bertz CT molecular complexity index is 780. The molecule has 0 unspecified atom stereocenters. The van der Waals surface area contributed by atoms with Gasteiger partial charge in [0.25, 0.3) is 0 Å². The van der Waals surface area contributed by atoms with Crippen molar-refractivity contribution >= 4 is 5.97 Å². The van der Waals surface area contributed by atoms with E-state index in [1.807, 2.05) is 6.07 Å². The normalized spacial score (nSPS) is 10.5. The number of aromatic carboxylic acids is 1. The lowest BCUT2D eigenvalue weighted by molar-refractivity contribution is 0.0687. The van der Waals surface area contributed by atoms with E-state index in [0.717, 1.165) is 5.56 Å². The zero-order valence-electron chi connectivity index (χ0n) is 10.8. The van der Waals surface area contributed by atoms with Crippen molar-refractivity contribution in [1.82, 2.24) is 14.8 Å². The average molecular weight is 281 g/mol. The number of nitrogens with zero attached hydrogens (tertiary/aromatic N) is 3. The first kappa shape index (κ1) is 12.9. The third-order valence-corrected chi connectivity index (χ3v) is 2.98. The number of hydrogen-bond donors (Lipinski definition) is 2. The van der Waals surface area contributed by atoms with Gasteiger partial charge in [-0.2, -0.15) is 5.10 Å². The summed E-state index contributed by atoms with van der Waals surface area (Å²) in [5.74, 6) is -0.971. The van der Waals surface area contributed by atoms with E-state index in [1.165, 1.54) is 22.9 Å². The van der Waals surface area contributed by atoms with E-state index in [1.54, 1.807) is 30.6 Å². The van der Waals surface area contributed by atoms with Crippen LogP contribution in [0.3, 0.4) is 0 Å². The first-order valence-corrected chi connectivity index (χ1v) is 6.18. The molecule has 2 heterocycles. The van der Waals surface area contributed by atoms with Crippen LogP contribution in [0.25, 0.3) is 16.9 Å². The number of carboxylic acids is 1. The molecule has 6 heteroatoms. The van der Waals surface area contributed by atoms with Gasteiger partial charge in [0.1, 0.15) is 5.75 Å². The molecule has 0 aliphatic heterocycles. The molecule has 0 atom stereocenters. The number of pyridine rings is 1. The number of aromatic nitrogens is 3. The number of benzene rings is 1. The van der Waals surface area contributed by atoms with Crippen molar-refractivity contribution in [3.8, 4) is 22.7 Å². The van der Waals surface area contributed by atoms with Crippen molar-refractivity contribution in [2.45, 2.75) is 0 Å². The van der Waals surface area contributed by atoms with E-state index in [4.69, 9.17) is 0 Å². The van der Waals surface area contributed by atoms with Crippen LogP contribution in [-0.4, -0.2) is 30.9 Å². The molecule has 0 fully saturated rings. The Hall–Kier alpha value is -3.15. The molecule has 0 spiro atoms. The summed E-state index contributed by atoms with van der Waals surface area (Å²) in [7, 11) is 0. The smallest absolute Gasteiger partial charge is 0.354 e. The fourth-order valence-corrected chi connectivity index (χ4v) is 1.98. The Labute approximate surface area is 119 Å². The Kier molecular flexibility index (Phi) is 3.12. The highest BCUT2D eigenvalue weighted by atomic mass is 16.4. The maximum atomic E-state index is 11.4. The quantitative estimate of drug-likeness (QED) is 0.769. The Morgan fingerprint density at radius 2 is 1.90 bits per heavy atom. The first-order chi connectivity index (χ1) is 10.1. The largest absolute Gasteiger partial charge is 0.508 e. The average Bonchev–Trinajstić information content (AvgIpc) is 2.94. The summed E-state index contributed by atoms with van der Waals surface area (Å²) in [5.41, 5.74) is 1.85. The molecule has 21 heavy (non-hydrogen) atoms. The van der Waals surface area contributed by atoms with Crippen LogP contribution in [0.1, 0.15) is 10.5 Å². The van der Waals surface area contributed by atoms with E-state index < -0.39 is 5.97 Å². The number of rotatable bonds is 3. The number of phenols is 1. The van der Waals surface area contributed by atoms with Crippen LogP contribution >= 0.6 is 0 Å². The summed E-state index contributed by atoms with van der Waals surface area (Å²) in [4.78, 5) is 15.4. The summed E-state index contributed by atoms with van der Waals surface area (Å²) in [6, 6.07) is 11.2. The molecule has 0 saturated carbocycles. The lowest BCUT2D eigenvalue weighted by Crippen LogP contribution is -2.07. The summed E-state index contributed by atoms with van der Waals surface area (Å²) >= 11 is 0. The second kappa shape index (κ2) is 5.09. The predicted molar refractivity (Wildman–Crippen MR) is 75.4 cm³/mol. The zero-order chi connectivity index (χ0) is 14.8. The number of aromatic hydroxyl groups is 1. The molecule has 0 amide bonds. The van der Waals surface area contributed by atoms with Gasteiger partial charge in [-0.1, -0.05) is 0 Å². The fourth-order valence-electron chi connectivity index (χ4n) is 1.98. The van der Waals surface area contributed by atoms with Crippen molar-refractivity contribution in [1.29, 1.82) is 0 Å². The van der Waals surface area contributed by atoms with Gasteiger partial charge in [-0.25, -0.2) is 9.48 Å². The van der Waals surface area contributed by atoms with E-state index in [0.29, 0.717) is 11.4 Å².